The van der Waals surface area contributed by atoms with Gasteiger partial charge in [0, 0.05) is 26.1 Å². The molecule has 0 aliphatic rings. The summed E-state index contributed by atoms with van der Waals surface area (Å²) in [6.07, 6.45) is 2.09. The fourth-order valence-corrected chi connectivity index (χ4v) is 1.61. The SMILES string of the molecule is Cn1cnnc1CCNC(=O)c1ccc(F)cc1O. The zero-order valence-electron chi connectivity index (χ0n) is 10.3. The largest absolute Gasteiger partial charge is 0.507 e. The van der Waals surface area contributed by atoms with Crippen molar-refractivity contribution in [1.82, 2.24) is 20.1 Å². The van der Waals surface area contributed by atoms with Gasteiger partial charge in [-0.2, -0.15) is 0 Å². The minimum atomic E-state index is -0.590. The minimum Gasteiger partial charge on any atom is -0.507 e. The number of benzene rings is 1. The average Bonchev–Trinajstić information content (AvgIpc) is 2.75. The molecule has 0 radical (unpaired) electrons. The summed E-state index contributed by atoms with van der Waals surface area (Å²) in [6, 6.07) is 3.26. The van der Waals surface area contributed by atoms with E-state index >= 15 is 0 Å². The van der Waals surface area contributed by atoms with E-state index in [1.807, 2.05) is 7.05 Å². The first-order valence-corrected chi connectivity index (χ1v) is 5.67. The number of carbonyl (C=O) groups is 1. The molecule has 2 rings (SSSR count). The Morgan fingerprint density at radius 2 is 2.32 bits per heavy atom. The van der Waals surface area contributed by atoms with Crippen LogP contribution in [0.15, 0.2) is 24.5 Å². The first kappa shape index (κ1) is 13.0. The number of phenols is 1. The van der Waals surface area contributed by atoms with E-state index in [-0.39, 0.29) is 11.3 Å². The second-order valence-electron chi connectivity index (χ2n) is 4.03. The Morgan fingerprint density at radius 1 is 1.53 bits per heavy atom. The summed E-state index contributed by atoms with van der Waals surface area (Å²) in [5.41, 5.74) is 0.0411. The lowest BCUT2D eigenvalue weighted by atomic mass is 10.2. The maximum Gasteiger partial charge on any atom is 0.255 e. The van der Waals surface area contributed by atoms with Crippen LogP contribution in [-0.4, -0.2) is 32.3 Å². The highest BCUT2D eigenvalue weighted by Crippen LogP contribution is 2.17. The van der Waals surface area contributed by atoms with Gasteiger partial charge in [0.15, 0.2) is 0 Å². The van der Waals surface area contributed by atoms with Crippen LogP contribution in [0.1, 0.15) is 16.2 Å². The summed E-state index contributed by atoms with van der Waals surface area (Å²) < 4.78 is 14.5. The third-order valence-electron chi connectivity index (χ3n) is 2.64. The number of hydrogen-bond donors (Lipinski definition) is 2. The van der Waals surface area contributed by atoms with Crippen molar-refractivity contribution >= 4 is 5.91 Å². The third-order valence-corrected chi connectivity index (χ3v) is 2.64. The summed E-state index contributed by atoms with van der Waals surface area (Å²) in [6.45, 7) is 0.349. The predicted molar refractivity (Wildman–Crippen MR) is 65.1 cm³/mol. The molecule has 1 heterocycles. The highest BCUT2D eigenvalue weighted by molar-refractivity contribution is 5.96. The van der Waals surface area contributed by atoms with E-state index in [0.29, 0.717) is 13.0 Å². The molecular formula is C12H13FN4O2. The van der Waals surface area contributed by atoms with Gasteiger partial charge in [0.25, 0.3) is 5.91 Å². The number of nitrogens with zero attached hydrogens (tertiary/aromatic N) is 3. The smallest absolute Gasteiger partial charge is 0.255 e. The number of aromatic nitrogens is 3. The Balaban J connectivity index is 1.93. The number of nitrogens with one attached hydrogen (secondary N) is 1. The minimum absolute atomic E-state index is 0.0411. The normalized spacial score (nSPS) is 10.4. The maximum absolute atomic E-state index is 12.8. The highest BCUT2D eigenvalue weighted by atomic mass is 19.1. The maximum atomic E-state index is 12.8. The van der Waals surface area contributed by atoms with Crippen LogP contribution >= 0.6 is 0 Å². The van der Waals surface area contributed by atoms with E-state index in [0.717, 1.165) is 18.0 Å². The first-order valence-electron chi connectivity index (χ1n) is 5.67. The lowest BCUT2D eigenvalue weighted by molar-refractivity contribution is 0.0951. The van der Waals surface area contributed by atoms with Gasteiger partial charge in [0.2, 0.25) is 0 Å². The number of aryl methyl sites for hydroxylation is 1. The van der Waals surface area contributed by atoms with Crippen molar-refractivity contribution in [2.75, 3.05) is 6.54 Å². The Labute approximate surface area is 108 Å². The Morgan fingerprint density at radius 3 is 2.95 bits per heavy atom. The van der Waals surface area contributed by atoms with Crippen LogP contribution < -0.4 is 5.32 Å². The summed E-state index contributed by atoms with van der Waals surface area (Å²) in [4.78, 5) is 11.8. The number of carbonyl (C=O) groups excluding carboxylic acids is 1. The van der Waals surface area contributed by atoms with Gasteiger partial charge in [-0.15, -0.1) is 10.2 Å². The molecule has 0 unspecified atom stereocenters. The molecule has 0 saturated carbocycles. The molecule has 2 N–H and O–H groups in total. The molecule has 0 atom stereocenters. The van der Waals surface area contributed by atoms with Gasteiger partial charge in [0.1, 0.15) is 23.7 Å². The average molecular weight is 264 g/mol. The van der Waals surface area contributed by atoms with Crippen molar-refractivity contribution in [3.05, 3.63) is 41.7 Å². The van der Waals surface area contributed by atoms with Crippen LogP contribution in [0.5, 0.6) is 5.75 Å². The summed E-state index contributed by atoms with van der Waals surface area (Å²) >= 11 is 0. The Kier molecular flexibility index (Phi) is 3.74. The van der Waals surface area contributed by atoms with E-state index < -0.39 is 11.7 Å². The monoisotopic (exact) mass is 264 g/mol. The molecule has 0 saturated heterocycles. The lowest BCUT2D eigenvalue weighted by Crippen LogP contribution is -2.26. The Hall–Kier alpha value is -2.44. The number of halogens is 1. The van der Waals surface area contributed by atoms with E-state index in [4.69, 9.17) is 0 Å². The van der Waals surface area contributed by atoms with Crippen LogP contribution in [0.3, 0.4) is 0 Å². The standard InChI is InChI=1S/C12H13FN4O2/c1-17-7-15-16-11(17)4-5-14-12(19)9-3-2-8(13)6-10(9)18/h2-3,6-7,18H,4-5H2,1H3,(H,14,19). The molecule has 0 aliphatic carbocycles. The highest BCUT2D eigenvalue weighted by Gasteiger charge is 2.11. The van der Waals surface area contributed by atoms with Crippen LogP contribution in [-0.2, 0) is 13.5 Å². The van der Waals surface area contributed by atoms with Crippen molar-refractivity contribution in [3.8, 4) is 5.75 Å². The summed E-state index contributed by atoms with van der Waals surface area (Å²) in [7, 11) is 1.81. The van der Waals surface area contributed by atoms with Crippen molar-refractivity contribution in [2.45, 2.75) is 6.42 Å². The number of phenolic OH excluding ortho intramolecular Hbond substituents is 1. The molecule has 100 valence electrons. The summed E-state index contributed by atoms with van der Waals surface area (Å²) in [5.74, 6) is -0.687. The van der Waals surface area contributed by atoms with E-state index in [1.165, 1.54) is 6.07 Å². The van der Waals surface area contributed by atoms with Gasteiger partial charge >= 0.3 is 0 Å². The van der Waals surface area contributed by atoms with Crippen molar-refractivity contribution < 1.29 is 14.3 Å². The predicted octanol–water partition coefficient (Wildman–Crippen LogP) is 0.632. The molecule has 19 heavy (non-hydrogen) atoms. The fourth-order valence-electron chi connectivity index (χ4n) is 1.61. The van der Waals surface area contributed by atoms with Crippen LogP contribution in [0.4, 0.5) is 4.39 Å². The molecule has 0 bridgehead atoms. The molecule has 1 amide bonds. The third kappa shape index (κ3) is 3.06. The summed E-state index contributed by atoms with van der Waals surface area (Å²) in [5, 5.41) is 19.7. The van der Waals surface area contributed by atoms with E-state index in [9.17, 15) is 14.3 Å². The first-order chi connectivity index (χ1) is 9.08. The molecular weight excluding hydrogens is 251 g/mol. The van der Waals surface area contributed by atoms with Gasteiger partial charge in [-0.25, -0.2) is 4.39 Å². The number of rotatable bonds is 4. The molecule has 2 aromatic rings. The van der Waals surface area contributed by atoms with Gasteiger partial charge in [-0.05, 0) is 12.1 Å². The molecule has 0 aliphatic heterocycles. The van der Waals surface area contributed by atoms with Gasteiger partial charge in [-0.3, -0.25) is 4.79 Å². The van der Waals surface area contributed by atoms with E-state index in [2.05, 4.69) is 15.5 Å². The second-order valence-corrected chi connectivity index (χ2v) is 4.03. The topological polar surface area (TPSA) is 80.0 Å². The van der Waals surface area contributed by atoms with Gasteiger partial charge in [0.05, 0.1) is 5.56 Å². The molecule has 7 heteroatoms. The fraction of sp³-hybridized carbons (Fsp3) is 0.250. The van der Waals surface area contributed by atoms with Crippen molar-refractivity contribution in [1.29, 1.82) is 0 Å². The lowest BCUT2D eigenvalue weighted by Gasteiger charge is -2.06. The molecule has 0 fully saturated rings. The second kappa shape index (κ2) is 5.47. The number of aromatic hydroxyl groups is 1. The molecule has 6 nitrogen and oxygen atoms in total. The molecule has 0 spiro atoms. The van der Waals surface area contributed by atoms with E-state index in [1.54, 1.807) is 10.9 Å². The van der Waals surface area contributed by atoms with Gasteiger partial charge in [-0.1, -0.05) is 0 Å². The number of hydrogen-bond acceptors (Lipinski definition) is 4. The van der Waals surface area contributed by atoms with Crippen molar-refractivity contribution in [3.63, 3.8) is 0 Å². The van der Waals surface area contributed by atoms with Crippen LogP contribution in [0.25, 0.3) is 0 Å². The van der Waals surface area contributed by atoms with Crippen LogP contribution in [0, 0.1) is 5.82 Å². The quantitative estimate of drug-likeness (QED) is 0.849. The zero-order chi connectivity index (χ0) is 13.8. The molecule has 1 aromatic heterocycles. The Bertz CT molecular complexity index is 597. The van der Waals surface area contributed by atoms with Gasteiger partial charge < -0.3 is 15.0 Å². The van der Waals surface area contributed by atoms with Crippen LogP contribution in [0.2, 0.25) is 0 Å². The zero-order valence-corrected chi connectivity index (χ0v) is 10.3. The number of amides is 1. The molecule has 1 aromatic carbocycles. The van der Waals surface area contributed by atoms with Crippen molar-refractivity contribution in [2.24, 2.45) is 7.05 Å².